The lowest BCUT2D eigenvalue weighted by Gasteiger charge is -2.25. The number of nitrogens with one attached hydrogen (secondary N) is 1. The highest BCUT2D eigenvalue weighted by Crippen LogP contribution is 2.25. The van der Waals surface area contributed by atoms with Crippen LogP contribution in [0.1, 0.15) is 24.8 Å². The van der Waals surface area contributed by atoms with E-state index in [4.69, 9.17) is 4.74 Å². The molecule has 0 unspecified atom stereocenters. The number of benzene rings is 2. The minimum Gasteiger partial charge on any atom is -0.496 e. The Kier molecular flexibility index (Phi) is 5.69. The zero-order chi connectivity index (χ0) is 20.3. The number of rotatable bonds is 6. The van der Waals surface area contributed by atoms with Crippen LogP contribution in [0.4, 0.5) is 5.82 Å². The third kappa shape index (κ3) is 4.21. The largest absolute Gasteiger partial charge is 0.496 e. The smallest absolute Gasteiger partial charge is 0.243 e. The predicted molar refractivity (Wildman–Crippen MR) is 115 cm³/mol. The van der Waals surface area contributed by atoms with Crippen LogP contribution >= 0.6 is 0 Å². The Morgan fingerprint density at radius 2 is 1.83 bits per heavy atom. The summed E-state index contributed by atoms with van der Waals surface area (Å²) < 4.78 is 32.8. The van der Waals surface area contributed by atoms with E-state index in [0.717, 1.165) is 47.3 Å². The maximum Gasteiger partial charge on any atom is 0.243 e. The van der Waals surface area contributed by atoms with Crippen molar-refractivity contribution in [3.8, 4) is 5.75 Å². The highest BCUT2D eigenvalue weighted by molar-refractivity contribution is 7.89. The highest BCUT2D eigenvalue weighted by Gasteiger charge is 2.26. The Morgan fingerprint density at radius 1 is 1.03 bits per heavy atom. The summed E-state index contributed by atoms with van der Waals surface area (Å²) in [5.41, 5.74) is 1.80. The maximum atomic E-state index is 12.9. The van der Waals surface area contributed by atoms with Gasteiger partial charge in [-0.05, 0) is 49.2 Å². The van der Waals surface area contributed by atoms with Gasteiger partial charge in [-0.3, -0.25) is 0 Å². The Morgan fingerprint density at radius 3 is 2.62 bits per heavy atom. The van der Waals surface area contributed by atoms with Crippen LogP contribution in [0.5, 0.6) is 5.75 Å². The van der Waals surface area contributed by atoms with Crippen molar-refractivity contribution >= 4 is 26.7 Å². The molecule has 0 aliphatic carbocycles. The number of sulfonamides is 1. The van der Waals surface area contributed by atoms with Crippen LogP contribution in [0.15, 0.2) is 59.5 Å². The van der Waals surface area contributed by atoms with Gasteiger partial charge in [-0.2, -0.15) is 4.31 Å². The van der Waals surface area contributed by atoms with Crippen LogP contribution in [0.2, 0.25) is 0 Å². The van der Waals surface area contributed by atoms with Gasteiger partial charge in [-0.1, -0.05) is 24.6 Å². The first-order chi connectivity index (χ1) is 14.1. The van der Waals surface area contributed by atoms with Gasteiger partial charge in [0.25, 0.3) is 0 Å². The quantitative estimate of drug-likeness (QED) is 0.663. The average molecular weight is 412 g/mol. The van der Waals surface area contributed by atoms with Crippen LogP contribution in [0, 0.1) is 0 Å². The lowest BCUT2D eigenvalue weighted by Crippen LogP contribution is -2.35. The van der Waals surface area contributed by atoms with E-state index in [1.807, 2.05) is 36.4 Å². The lowest BCUT2D eigenvalue weighted by atomic mass is 10.2. The molecular weight excluding hydrogens is 386 g/mol. The molecule has 1 aliphatic heterocycles. The number of aromatic nitrogens is 1. The van der Waals surface area contributed by atoms with E-state index in [2.05, 4.69) is 10.3 Å². The molecule has 0 radical (unpaired) electrons. The maximum absolute atomic E-state index is 12.9. The number of piperidine rings is 1. The SMILES string of the molecule is COc1ccccc1CNc1ccc2cc(S(=O)(=O)N3CCCCC3)ccc2n1. The molecule has 1 saturated heterocycles. The van der Waals surface area contributed by atoms with Gasteiger partial charge in [-0.15, -0.1) is 0 Å². The predicted octanol–water partition coefficient (Wildman–Crippen LogP) is 4.03. The Bertz CT molecular complexity index is 1110. The van der Waals surface area contributed by atoms with Crippen molar-refractivity contribution < 1.29 is 13.2 Å². The highest BCUT2D eigenvalue weighted by atomic mass is 32.2. The van der Waals surface area contributed by atoms with Gasteiger partial charge in [0, 0.05) is 30.6 Å². The first kappa shape index (κ1) is 19.7. The molecule has 152 valence electrons. The van der Waals surface area contributed by atoms with Crippen molar-refractivity contribution in [3.05, 3.63) is 60.2 Å². The van der Waals surface area contributed by atoms with Crippen molar-refractivity contribution in [3.63, 3.8) is 0 Å². The zero-order valence-corrected chi connectivity index (χ0v) is 17.3. The van der Waals surface area contributed by atoms with Gasteiger partial charge in [0.2, 0.25) is 10.0 Å². The molecule has 2 heterocycles. The fourth-order valence-corrected chi connectivity index (χ4v) is 5.20. The van der Waals surface area contributed by atoms with E-state index >= 15 is 0 Å². The van der Waals surface area contributed by atoms with Gasteiger partial charge < -0.3 is 10.1 Å². The zero-order valence-electron chi connectivity index (χ0n) is 16.5. The molecule has 0 atom stereocenters. The van der Waals surface area contributed by atoms with E-state index < -0.39 is 10.0 Å². The van der Waals surface area contributed by atoms with E-state index in [-0.39, 0.29) is 0 Å². The summed E-state index contributed by atoms with van der Waals surface area (Å²) in [7, 11) is -1.79. The number of para-hydroxylation sites is 1. The fourth-order valence-electron chi connectivity index (χ4n) is 3.65. The minimum absolute atomic E-state index is 0.337. The first-order valence-electron chi connectivity index (χ1n) is 9.85. The molecule has 6 nitrogen and oxygen atoms in total. The van der Waals surface area contributed by atoms with E-state index in [1.54, 1.807) is 29.6 Å². The van der Waals surface area contributed by atoms with E-state index in [1.165, 1.54) is 0 Å². The molecule has 29 heavy (non-hydrogen) atoms. The summed E-state index contributed by atoms with van der Waals surface area (Å²) in [6, 6.07) is 16.8. The Balaban J connectivity index is 1.54. The Hall–Kier alpha value is -2.64. The summed E-state index contributed by atoms with van der Waals surface area (Å²) in [6.45, 7) is 1.79. The number of hydrogen-bond acceptors (Lipinski definition) is 5. The third-order valence-corrected chi connectivity index (χ3v) is 7.16. The summed E-state index contributed by atoms with van der Waals surface area (Å²) in [5.74, 6) is 1.56. The first-order valence-corrected chi connectivity index (χ1v) is 11.3. The molecule has 3 aromatic rings. The molecule has 7 heteroatoms. The molecule has 0 saturated carbocycles. The molecule has 0 amide bonds. The van der Waals surface area contributed by atoms with Gasteiger partial charge in [0.05, 0.1) is 17.5 Å². The Labute approximate surface area is 171 Å². The molecule has 2 aromatic carbocycles. The van der Waals surface area contributed by atoms with Gasteiger partial charge in [0.1, 0.15) is 11.6 Å². The second kappa shape index (κ2) is 8.39. The molecule has 4 rings (SSSR count). The molecule has 1 fully saturated rings. The lowest BCUT2D eigenvalue weighted by molar-refractivity contribution is 0.346. The van der Waals surface area contributed by atoms with Gasteiger partial charge >= 0.3 is 0 Å². The molecule has 1 N–H and O–H groups in total. The monoisotopic (exact) mass is 411 g/mol. The van der Waals surface area contributed by atoms with Crippen LogP contribution < -0.4 is 10.1 Å². The standard InChI is InChI=1S/C22H25N3O3S/c1-28-21-8-4-3-7-18(21)16-23-22-12-9-17-15-19(10-11-20(17)24-22)29(26,27)25-13-5-2-6-14-25/h3-4,7-12,15H,2,5-6,13-14,16H2,1H3,(H,23,24). The normalized spacial score (nSPS) is 15.3. The number of pyridine rings is 1. The van der Waals surface area contributed by atoms with Gasteiger partial charge in [0.15, 0.2) is 0 Å². The number of ether oxygens (including phenoxy) is 1. The summed E-state index contributed by atoms with van der Waals surface area (Å²) in [4.78, 5) is 4.96. The summed E-state index contributed by atoms with van der Waals surface area (Å²) in [5, 5.41) is 4.12. The number of methoxy groups -OCH3 is 1. The molecular formula is C22H25N3O3S. The second-order valence-corrected chi connectivity index (χ2v) is 9.12. The molecule has 1 aromatic heterocycles. The topological polar surface area (TPSA) is 71.5 Å². The number of fused-ring (bicyclic) bond motifs is 1. The van der Waals surface area contributed by atoms with Crippen LogP contribution in [0.25, 0.3) is 10.9 Å². The van der Waals surface area contributed by atoms with Crippen LogP contribution in [0.3, 0.4) is 0 Å². The van der Waals surface area contributed by atoms with Crippen molar-refractivity contribution in [1.29, 1.82) is 0 Å². The number of anilines is 1. The van der Waals surface area contributed by atoms with Crippen molar-refractivity contribution in [2.75, 3.05) is 25.5 Å². The minimum atomic E-state index is -3.44. The average Bonchev–Trinajstić information content (AvgIpc) is 2.78. The van der Waals surface area contributed by atoms with Crippen LogP contribution in [-0.4, -0.2) is 37.9 Å². The molecule has 1 aliphatic rings. The number of nitrogens with zero attached hydrogens (tertiary/aromatic N) is 2. The van der Waals surface area contributed by atoms with Crippen molar-refractivity contribution in [2.24, 2.45) is 0 Å². The second-order valence-electron chi connectivity index (χ2n) is 7.18. The fraction of sp³-hybridized carbons (Fsp3) is 0.318. The van der Waals surface area contributed by atoms with E-state index in [9.17, 15) is 8.42 Å². The summed E-state index contributed by atoms with van der Waals surface area (Å²) in [6.07, 6.45) is 2.95. The van der Waals surface area contributed by atoms with Crippen LogP contribution in [-0.2, 0) is 16.6 Å². The molecule has 0 bridgehead atoms. The number of hydrogen-bond donors (Lipinski definition) is 1. The van der Waals surface area contributed by atoms with Crippen molar-refractivity contribution in [2.45, 2.75) is 30.7 Å². The molecule has 0 spiro atoms. The third-order valence-electron chi connectivity index (χ3n) is 5.27. The van der Waals surface area contributed by atoms with E-state index in [0.29, 0.717) is 24.5 Å². The summed E-state index contributed by atoms with van der Waals surface area (Å²) >= 11 is 0. The van der Waals surface area contributed by atoms with Crippen molar-refractivity contribution in [1.82, 2.24) is 9.29 Å². The van der Waals surface area contributed by atoms with Gasteiger partial charge in [-0.25, -0.2) is 13.4 Å².